The smallest absolute Gasteiger partial charge is 0.416 e. The van der Waals surface area contributed by atoms with E-state index in [9.17, 15) is 18.0 Å². The number of methoxy groups -OCH3 is 1. The van der Waals surface area contributed by atoms with Gasteiger partial charge in [0.05, 0.1) is 18.4 Å². The van der Waals surface area contributed by atoms with Gasteiger partial charge in [-0.05, 0) is 61.7 Å². The molecule has 0 aliphatic carbocycles. The van der Waals surface area contributed by atoms with Crippen molar-refractivity contribution in [3.8, 4) is 5.75 Å². The van der Waals surface area contributed by atoms with E-state index in [-0.39, 0.29) is 17.0 Å². The van der Waals surface area contributed by atoms with Crippen LogP contribution in [0, 0.1) is 20.8 Å². The number of carbonyl (C=O) groups is 1. The van der Waals surface area contributed by atoms with E-state index < -0.39 is 17.6 Å². The number of hydrogen-bond acceptors (Lipinski definition) is 2. The number of benzene rings is 2. The second-order valence-corrected chi connectivity index (χ2v) is 5.57. The minimum Gasteiger partial charge on any atom is -0.495 e. The van der Waals surface area contributed by atoms with E-state index in [1.165, 1.54) is 20.1 Å². The molecule has 0 radical (unpaired) electrons. The first-order valence-electron chi connectivity index (χ1n) is 7.28. The topological polar surface area (TPSA) is 38.3 Å². The van der Waals surface area contributed by atoms with Gasteiger partial charge in [0, 0.05) is 5.56 Å². The van der Waals surface area contributed by atoms with E-state index >= 15 is 0 Å². The van der Waals surface area contributed by atoms with Gasteiger partial charge in [-0.15, -0.1) is 0 Å². The number of alkyl halides is 3. The highest BCUT2D eigenvalue weighted by Gasteiger charge is 2.34. The predicted molar refractivity (Wildman–Crippen MR) is 86.6 cm³/mol. The van der Waals surface area contributed by atoms with Crippen molar-refractivity contribution in [1.29, 1.82) is 0 Å². The Morgan fingerprint density at radius 3 is 2.25 bits per heavy atom. The molecule has 1 amide bonds. The number of aryl methyl sites for hydroxylation is 2. The fourth-order valence-electron chi connectivity index (χ4n) is 2.39. The van der Waals surface area contributed by atoms with Crippen LogP contribution in [0.25, 0.3) is 0 Å². The Morgan fingerprint density at radius 2 is 1.71 bits per heavy atom. The molecular weight excluding hydrogens is 319 g/mol. The zero-order valence-electron chi connectivity index (χ0n) is 13.8. The number of halogens is 3. The molecule has 1 N–H and O–H groups in total. The summed E-state index contributed by atoms with van der Waals surface area (Å²) in [5.74, 6) is -0.309. The van der Waals surface area contributed by atoms with Crippen molar-refractivity contribution in [3.05, 3.63) is 58.1 Å². The summed E-state index contributed by atoms with van der Waals surface area (Å²) in [6.45, 7) is 5.08. The SMILES string of the molecule is COc1ccc(C(F)(F)F)c(C)c1NC(=O)c1ccc(C)c(C)c1. The van der Waals surface area contributed by atoms with Crippen molar-refractivity contribution in [2.75, 3.05) is 12.4 Å². The molecule has 0 aliphatic rings. The van der Waals surface area contributed by atoms with E-state index in [4.69, 9.17) is 4.74 Å². The predicted octanol–water partition coefficient (Wildman–Crippen LogP) is 4.89. The van der Waals surface area contributed by atoms with Gasteiger partial charge in [0.25, 0.3) is 5.91 Å². The van der Waals surface area contributed by atoms with Gasteiger partial charge >= 0.3 is 6.18 Å². The molecule has 0 bridgehead atoms. The molecule has 2 aromatic carbocycles. The molecule has 0 saturated heterocycles. The van der Waals surface area contributed by atoms with Crippen LogP contribution in [0.2, 0.25) is 0 Å². The second-order valence-electron chi connectivity index (χ2n) is 5.57. The Morgan fingerprint density at radius 1 is 1.04 bits per heavy atom. The number of amides is 1. The lowest BCUT2D eigenvalue weighted by molar-refractivity contribution is -0.138. The summed E-state index contributed by atoms with van der Waals surface area (Å²) in [5.41, 5.74) is 1.46. The lowest BCUT2D eigenvalue weighted by Gasteiger charge is -2.18. The number of ether oxygens (including phenoxy) is 1. The molecule has 3 nitrogen and oxygen atoms in total. The van der Waals surface area contributed by atoms with Gasteiger partial charge in [0.1, 0.15) is 5.75 Å². The minimum atomic E-state index is -4.50. The third-order valence-electron chi connectivity index (χ3n) is 3.96. The molecule has 0 spiro atoms. The summed E-state index contributed by atoms with van der Waals surface area (Å²) in [6, 6.07) is 7.26. The Labute approximate surface area is 138 Å². The summed E-state index contributed by atoms with van der Waals surface area (Å²) >= 11 is 0. The van der Waals surface area contributed by atoms with E-state index in [2.05, 4.69) is 5.32 Å². The highest BCUT2D eigenvalue weighted by atomic mass is 19.4. The van der Waals surface area contributed by atoms with Gasteiger partial charge in [-0.25, -0.2) is 0 Å². The minimum absolute atomic E-state index is 0.0237. The van der Waals surface area contributed by atoms with Crippen molar-refractivity contribution in [2.24, 2.45) is 0 Å². The summed E-state index contributed by atoms with van der Waals surface area (Å²) in [4.78, 5) is 12.4. The summed E-state index contributed by atoms with van der Waals surface area (Å²) in [7, 11) is 1.34. The van der Waals surface area contributed by atoms with E-state index in [0.717, 1.165) is 17.2 Å². The quantitative estimate of drug-likeness (QED) is 0.866. The van der Waals surface area contributed by atoms with Gasteiger partial charge in [-0.1, -0.05) is 6.07 Å². The lowest BCUT2D eigenvalue weighted by Crippen LogP contribution is -2.16. The van der Waals surface area contributed by atoms with Crippen LogP contribution in [0.5, 0.6) is 5.75 Å². The molecule has 0 aromatic heterocycles. The molecular formula is C18H18F3NO2. The standard InChI is InChI=1S/C18H18F3NO2/c1-10-5-6-13(9-11(10)2)17(23)22-16-12(3)14(18(19,20)21)7-8-15(16)24-4/h5-9H,1-4H3,(H,22,23). The summed E-state index contributed by atoms with van der Waals surface area (Å²) in [6.07, 6.45) is -4.50. The Hall–Kier alpha value is -2.50. The van der Waals surface area contributed by atoms with Crippen molar-refractivity contribution >= 4 is 11.6 Å². The monoisotopic (exact) mass is 337 g/mol. The van der Waals surface area contributed by atoms with Crippen LogP contribution in [-0.4, -0.2) is 13.0 Å². The van der Waals surface area contributed by atoms with E-state index in [0.29, 0.717) is 5.56 Å². The largest absolute Gasteiger partial charge is 0.495 e. The first kappa shape index (κ1) is 17.8. The zero-order chi connectivity index (χ0) is 18.1. The van der Waals surface area contributed by atoms with E-state index in [1.54, 1.807) is 18.2 Å². The van der Waals surface area contributed by atoms with Crippen molar-refractivity contribution < 1.29 is 22.7 Å². The molecule has 0 fully saturated rings. The molecule has 0 unspecified atom stereocenters. The van der Waals surface area contributed by atoms with Crippen LogP contribution >= 0.6 is 0 Å². The number of nitrogens with one attached hydrogen (secondary N) is 1. The molecule has 0 saturated carbocycles. The highest BCUT2D eigenvalue weighted by Crippen LogP contribution is 2.39. The van der Waals surface area contributed by atoms with Gasteiger partial charge in [0.2, 0.25) is 0 Å². The number of carbonyl (C=O) groups excluding carboxylic acids is 1. The van der Waals surface area contributed by atoms with Crippen molar-refractivity contribution in [1.82, 2.24) is 0 Å². The van der Waals surface area contributed by atoms with Gasteiger partial charge in [0.15, 0.2) is 0 Å². The van der Waals surface area contributed by atoms with Crippen molar-refractivity contribution in [3.63, 3.8) is 0 Å². The van der Waals surface area contributed by atoms with Gasteiger partial charge in [-0.2, -0.15) is 13.2 Å². The lowest BCUT2D eigenvalue weighted by atomic mass is 10.0. The number of hydrogen-bond donors (Lipinski definition) is 1. The third kappa shape index (κ3) is 3.53. The summed E-state index contributed by atoms with van der Waals surface area (Å²) in [5, 5.41) is 2.54. The Kier molecular flexibility index (Phi) is 4.87. The normalized spacial score (nSPS) is 11.3. The Balaban J connectivity index is 2.44. The fourth-order valence-corrected chi connectivity index (χ4v) is 2.39. The number of anilines is 1. The van der Waals surface area contributed by atoms with Gasteiger partial charge < -0.3 is 10.1 Å². The average molecular weight is 337 g/mol. The molecule has 6 heteroatoms. The van der Waals surface area contributed by atoms with Crippen LogP contribution in [0.3, 0.4) is 0 Å². The molecule has 2 aromatic rings. The fraction of sp³-hybridized carbons (Fsp3) is 0.278. The zero-order valence-corrected chi connectivity index (χ0v) is 13.8. The Bertz CT molecular complexity index is 783. The van der Waals surface area contributed by atoms with Crippen LogP contribution in [-0.2, 0) is 6.18 Å². The third-order valence-corrected chi connectivity index (χ3v) is 3.96. The summed E-state index contributed by atoms with van der Waals surface area (Å²) < 4.78 is 44.3. The molecule has 128 valence electrons. The maximum Gasteiger partial charge on any atom is 0.416 e. The van der Waals surface area contributed by atoms with Crippen LogP contribution < -0.4 is 10.1 Å². The maximum atomic E-state index is 13.1. The molecule has 2 rings (SSSR count). The first-order valence-corrected chi connectivity index (χ1v) is 7.28. The van der Waals surface area contributed by atoms with Crippen LogP contribution in [0.1, 0.15) is 32.6 Å². The second kappa shape index (κ2) is 6.55. The average Bonchev–Trinajstić information content (AvgIpc) is 2.50. The van der Waals surface area contributed by atoms with Crippen molar-refractivity contribution in [2.45, 2.75) is 26.9 Å². The molecule has 0 atom stereocenters. The number of rotatable bonds is 3. The molecule has 24 heavy (non-hydrogen) atoms. The first-order chi connectivity index (χ1) is 11.1. The van der Waals surface area contributed by atoms with Crippen LogP contribution in [0.4, 0.5) is 18.9 Å². The van der Waals surface area contributed by atoms with Crippen LogP contribution in [0.15, 0.2) is 30.3 Å². The highest BCUT2D eigenvalue weighted by molar-refractivity contribution is 6.05. The molecule has 0 aliphatic heterocycles. The maximum absolute atomic E-state index is 13.1. The van der Waals surface area contributed by atoms with E-state index in [1.807, 2.05) is 13.8 Å². The molecule has 0 heterocycles. The van der Waals surface area contributed by atoms with Gasteiger partial charge in [-0.3, -0.25) is 4.79 Å².